The number of benzene rings is 1. The van der Waals surface area contributed by atoms with Gasteiger partial charge >= 0.3 is 0 Å². The van der Waals surface area contributed by atoms with Gasteiger partial charge in [0, 0.05) is 36.7 Å². The highest BCUT2D eigenvalue weighted by atomic mass is 19.2. The monoisotopic (exact) mass is 463 g/mol. The fraction of sp³-hybridized carbons (Fsp3) is 0.200. The summed E-state index contributed by atoms with van der Waals surface area (Å²) in [6.07, 6.45) is 3.53. The molecule has 34 heavy (non-hydrogen) atoms. The number of halogens is 2. The van der Waals surface area contributed by atoms with Gasteiger partial charge in [0.15, 0.2) is 17.5 Å². The second-order valence-corrected chi connectivity index (χ2v) is 8.16. The molecule has 4 rings (SSSR count). The summed E-state index contributed by atoms with van der Waals surface area (Å²) in [5.74, 6) is -1.76. The number of anilines is 1. The predicted molar refractivity (Wildman–Crippen MR) is 126 cm³/mol. The molecule has 0 aliphatic carbocycles. The third-order valence-electron chi connectivity index (χ3n) is 5.64. The lowest BCUT2D eigenvalue weighted by molar-refractivity contribution is 0.102. The van der Waals surface area contributed by atoms with Crippen LogP contribution in [0, 0.1) is 18.6 Å². The van der Waals surface area contributed by atoms with Crippen LogP contribution in [0.25, 0.3) is 22.6 Å². The topological polar surface area (TPSA) is 81.8 Å². The van der Waals surface area contributed by atoms with Crippen LogP contribution in [0.3, 0.4) is 0 Å². The molecule has 0 saturated heterocycles. The van der Waals surface area contributed by atoms with Gasteiger partial charge in [0.25, 0.3) is 11.5 Å². The predicted octanol–water partition coefficient (Wildman–Crippen LogP) is 4.73. The average Bonchev–Trinajstić information content (AvgIpc) is 3.30. The fourth-order valence-electron chi connectivity index (χ4n) is 3.68. The Kier molecular flexibility index (Phi) is 6.10. The van der Waals surface area contributed by atoms with Gasteiger partial charge in [-0.1, -0.05) is 12.1 Å². The molecule has 3 aromatic heterocycles. The number of carbonyl (C=O) groups is 1. The molecule has 0 radical (unpaired) electrons. The number of carbonyl (C=O) groups excluding carboxylic acids is 1. The van der Waals surface area contributed by atoms with E-state index in [4.69, 9.17) is 0 Å². The zero-order valence-electron chi connectivity index (χ0n) is 19.1. The van der Waals surface area contributed by atoms with Crippen LogP contribution in [-0.2, 0) is 7.05 Å². The Hall–Kier alpha value is -4.14. The minimum absolute atomic E-state index is 0.149. The van der Waals surface area contributed by atoms with Crippen molar-refractivity contribution in [2.24, 2.45) is 7.05 Å². The Balaban J connectivity index is 1.70. The van der Waals surface area contributed by atoms with Crippen molar-refractivity contribution in [3.05, 3.63) is 88.1 Å². The van der Waals surface area contributed by atoms with E-state index >= 15 is 0 Å². The first-order valence-corrected chi connectivity index (χ1v) is 10.6. The largest absolute Gasteiger partial charge is 0.327 e. The van der Waals surface area contributed by atoms with Gasteiger partial charge in [0.1, 0.15) is 17.1 Å². The molecule has 1 aromatic carbocycles. The first kappa shape index (κ1) is 23.0. The summed E-state index contributed by atoms with van der Waals surface area (Å²) >= 11 is 0. The molecule has 0 aliphatic rings. The molecule has 0 saturated carbocycles. The summed E-state index contributed by atoms with van der Waals surface area (Å²) in [6, 6.07) is 10.1. The van der Waals surface area contributed by atoms with Gasteiger partial charge in [0.05, 0.1) is 0 Å². The second-order valence-electron chi connectivity index (χ2n) is 8.16. The lowest BCUT2D eigenvalue weighted by Gasteiger charge is -2.14. The number of nitrogens with one attached hydrogen (secondary N) is 1. The van der Waals surface area contributed by atoms with Gasteiger partial charge in [-0.05, 0) is 56.7 Å². The Labute approximate surface area is 194 Å². The van der Waals surface area contributed by atoms with E-state index in [1.807, 2.05) is 24.6 Å². The molecule has 174 valence electrons. The van der Waals surface area contributed by atoms with E-state index in [0.717, 1.165) is 12.1 Å². The van der Waals surface area contributed by atoms with Crippen LogP contribution in [0.5, 0.6) is 0 Å². The van der Waals surface area contributed by atoms with Crippen molar-refractivity contribution in [2.75, 3.05) is 5.32 Å². The Morgan fingerprint density at radius 2 is 1.85 bits per heavy atom. The zero-order valence-corrected chi connectivity index (χ0v) is 19.1. The average molecular weight is 463 g/mol. The maximum absolute atomic E-state index is 13.8. The van der Waals surface area contributed by atoms with Crippen molar-refractivity contribution in [1.82, 2.24) is 19.1 Å². The Morgan fingerprint density at radius 1 is 1.09 bits per heavy atom. The molecule has 0 aliphatic heterocycles. The molecule has 0 unspecified atom stereocenters. The number of hydrogen-bond donors (Lipinski definition) is 1. The van der Waals surface area contributed by atoms with Gasteiger partial charge < -0.3 is 14.5 Å². The first-order chi connectivity index (χ1) is 16.2. The highest BCUT2D eigenvalue weighted by Crippen LogP contribution is 2.25. The van der Waals surface area contributed by atoms with E-state index in [-0.39, 0.29) is 17.4 Å². The van der Waals surface area contributed by atoms with Crippen LogP contribution >= 0.6 is 0 Å². The summed E-state index contributed by atoms with van der Waals surface area (Å²) in [7, 11) is 1.52. The highest BCUT2D eigenvalue weighted by molar-refractivity contribution is 6.04. The van der Waals surface area contributed by atoms with Crippen molar-refractivity contribution in [1.29, 1.82) is 0 Å². The molecule has 1 amide bonds. The van der Waals surface area contributed by atoms with Gasteiger partial charge in [0.2, 0.25) is 0 Å². The quantitative estimate of drug-likeness (QED) is 0.464. The van der Waals surface area contributed by atoms with Crippen LogP contribution in [-0.4, -0.2) is 25.0 Å². The van der Waals surface area contributed by atoms with Crippen molar-refractivity contribution < 1.29 is 13.6 Å². The van der Waals surface area contributed by atoms with E-state index in [0.29, 0.717) is 28.3 Å². The lowest BCUT2D eigenvalue weighted by Crippen LogP contribution is -2.29. The number of hydrogen-bond acceptors (Lipinski definition) is 4. The number of amides is 1. The summed E-state index contributed by atoms with van der Waals surface area (Å²) in [6.45, 7) is 5.71. The van der Waals surface area contributed by atoms with Crippen LogP contribution < -0.4 is 10.9 Å². The summed E-state index contributed by atoms with van der Waals surface area (Å²) < 4.78 is 30.5. The van der Waals surface area contributed by atoms with Crippen LogP contribution in [0.2, 0.25) is 0 Å². The summed E-state index contributed by atoms with van der Waals surface area (Å²) in [4.78, 5) is 34.7. The van der Waals surface area contributed by atoms with E-state index < -0.39 is 23.1 Å². The van der Waals surface area contributed by atoms with Crippen molar-refractivity contribution in [3.8, 4) is 22.6 Å². The van der Waals surface area contributed by atoms with Crippen LogP contribution in [0.1, 0.15) is 35.9 Å². The van der Waals surface area contributed by atoms with Gasteiger partial charge in [-0.15, -0.1) is 0 Å². The number of imidazole rings is 1. The zero-order chi connectivity index (χ0) is 24.6. The summed E-state index contributed by atoms with van der Waals surface area (Å²) in [5, 5.41) is 2.66. The van der Waals surface area contributed by atoms with Crippen molar-refractivity contribution >= 4 is 11.7 Å². The normalized spacial score (nSPS) is 11.1. The Bertz CT molecular complexity index is 1460. The van der Waals surface area contributed by atoms with Crippen LogP contribution in [0.15, 0.2) is 59.7 Å². The van der Waals surface area contributed by atoms with E-state index in [9.17, 15) is 18.4 Å². The van der Waals surface area contributed by atoms with Gasteiger partial charge in [-0.3, -0.25) is 9.59 Å². The molecule has 4 aromatic rings. The minimum atomic E-state index is -1.02. The number of nitrogens with zero attached hydrogens (tertiary/aromatic N) is 4. The molecule has 0 bridgehead atoms. The third kappa shape index (κ3) is 4.24. The minimum Gasteiger partial charge on any atom is -0.327 e. The first-order valence-electron chi connectivity index (χ1n) is 10.6. The van der Waals surface area contributed by atoms with E-state index in [1.165, 1.54) is 23.7 Å². The summed E-state index contributed by atoms with van der Waals surface area (Å²) in [5.41, 5.74) is 1.19. The van der Waals surface area contributed by atoms with Crippen LogP contribution in [0.4, 0.5) is 14.6 Å². The van der Waals surface area contributed by atoms with Gasteiger partial charge in [-0.25, -0.2) is 18.7 Å². The number of rotatable bonds is 5. The second kappa shape index (κ2) is 9.01. The van der Waals surface area contributed by atoms with E-state index in [2.05, 4.69) is 15.3 Å². The SMILES string of the molecule is Cc1c(-c2ccc(F)c(F)c2)cc(C(=O)Nc2cccc(-c3nccn3C(C)C)n2)c(=O)n1C. The molecule has 9 heteroatoms. The highest BCUT2D eigenvalue weighted by Gasteiger charge is 2.19. The third-order valence-corrected chi connectivity index (χ3v) is 5.64. The lowest BCUT2D eigenvalue weighted by atomic mass is 10.0. The Morgan fingerprint density at radius 3 is 2.56 bits per heavy atom. The standard InChI is InChI=1S/C25H23F2N5O2/c1-14(2)32-11-10-28-23(32)21-6-5-7-22(29-21)30-24(33)18-13-17(15(3)31(4)25(18)34)16-8-9-19(26)20(27)12-16/h5-14H,1-4H3,(H,29,30,33). The van der Waals surface area contributed by atoms with Crippen molar-refractivity contribution in [3.63, 3.8) is 0 Å². The molecule has 1 N–H and O–H groups in total. The number of aromatic nitrogens is 4. The smallest absolute Gasteiger partial charge is 0.263 e. The number of pyridine rings is 2. The molecular formula is C25H23F2N5O2. The molecule has 0 spiro atoms. The van der Waals surface area contributed by atoms with Gasteiger partial charge in [-0.2, -0.15) is 0 Å². The maximum Gasteiger partial charge on any atom is 0.263 e. The molecular weight excluding hydrogens is 440 g/mol. The molecule has 0 atom stereocenters. The molecule has 3 heterocycles. The molecule has 0 fully saturated rings. The maximum atomic E-state index is 13.8. The van der Waals surface area contributed by atoms with Crippen molar-refractivity contribution in [2.45, 2.75) is 26.8 Å². The molecule has 7 nitrogen and oxygen atoms in total. The van der Waals surface area contributed by atoms with E-state index in [1.54, 1.807) is 31.3 Å². The fourth-order valence-corrected chi connectivity index (χ4v) is 3.68.